The van der Waals surface area contributed by atoms with Crippen LogP contribution in [0.3, 0.4) is 0 Å². The smallest absolute Gasteiger partial charge is 0.256 e. The number of carbonyl (C=O) groups excluding carboxylic acids is 1. The molecular formula is C18H21N5O4. The minimum Gasteiger partial charge on any atom is -0.388 e. The Morgan fingerprint density at radius 3 is 2.70 bits per heavy atom. The van der Waals surface area contributed by atoms with Crippen molar-refractivity contribution in [3.8, 4) is 0 Å². The molecule has 1 aromatic rings. The quantitative estimate of drug-likeness (QED) is 0.677. The summed E-state index contributed by atoms with van der Waals surface area (Å²) in [7, 11) is 0. The third-order valence-electron chi connectivity index (χ3n) is 4.96. The molecule has 6 atom stereocenters. The Morgan fingerprint density at radius 2 is 2.00 bits per heavy atom. The molecular weight excluding hydrogens is 350 g/mol. The van der Waals surface area contributed by atoms with Gasteiger partial charge in [0.15, 0.2) is 18.4 Å². The van der Waals surface area contributed by atoms with E-state index in [-0.39, 0.29) is 5.91 Å². The normalized spacial score (nSPS) is 34.5. The number of carbonyl (C=O) groups is 1. The van der Waals surface area contributed by atoms with Crippen molar-refractivity contribution < 1.29 is 19.7 Å². The van der Waals surface area contributed by atoms with E-state index in [0.29, 0.717) is 17.8 Å². The van der Waals surface area contributed by atoms with Gasteiger partial charge in [0.05, 0.1) is 12.4 Å². The first-order valence-corrected chi connectivity index (χ1v) is 8.88. The number of amidine groups is 1. The molecule has 3 aliphatic heterocycles. The van der Waals surface area contributed by atoms with E-state index in [0.717, 1.165) is 0 Å². The number of hydrogen-bond acceptors (Lipinski definition) is 8. The number of rotatable bonds is 3. The van der Waals surface area contributed by atoms with Gasteiger partial charge in [-0.25, -0.2) is 9.98 Å². The summed E-state index contributed by atoms with van der Waals surface area (Å²) < 4.78 is 5.79. The van der Waals surface area contributed by atoms with Crippen molar-refractivity contribution in [3.63, 3.8) is 0 Å². The Hall–Kier alpha value is -2.62. The minimum absolute atomic E-state index is 0.282. The van der Waals surface area contributed by atoms with Crippen LogP contribution in [-0.4, -0.2) is 76.3 Å². The summed E-state index contributed by atoms with van der Waals surface area (Å²) in [5.74, 6) is 0.0957. The molecule has 3 heterocycles. The van der Waals surface area contributed by atoms with Crippen molar-refractivity contribution in [2.75, 3.05) is 0 Å². The maximum Gasteiger partial charge on any atom is 0.256 e. The average molecular weight is 371 g/mol. The Bertz CT molecular complexity index is 796. The van der Waals surface area contributed by atoms with Gasteiger partial charge in [0.2, 0.25) is 0 Å². The summed E-state index contributed by atoms with van der Waals surface area (Å²) >= 11 is 0. The van der Waals surface area contributed by atoms with Crippen molar-refractivity contribution in [1.82, 2.24) is 10.2 Å². The zero-order valence-electron chi connectivity index (χ0n) is 14.7. The molecule has 0 spiro atoms. The molecule has 0 radical (unpaired) electrons. The van der Waals surface area contributed by atoms with Gasteiger partial charge in [-0.05, 0) is 18.6 Å². The third-order valence-corrected chi connectivity index (χ3v) is 4.96. The van der Waals surface area contributed by atoms with Gasteiger partial charge in [0.1, 0.15) is 24.4 Å². The molecule has 0 aromatic heterocycles. The molecule has 3 unspecified atom stereocenters. The summed E-state index contributed by atoms with van der Waals surface area (Å²) in [6.45, 7) is 1.88. The van der Waals surface area contributed by atoms with Crippen LogP contribution in [0.1, 0.15) is 23.7 Å². The summed E-state index contributed by atoms with van der Waals surface area (Å²) in [6.07, 6.45) is -0.282. The maximum absolute atomic E-state index is 12.4. The molecule has 3 aliphatic rings. The van der Waals surface area contributed by atoms with Gasteiger partial charge in [-0.1, -0.05) is 25.1 Å². The Morgan fingerprint density at radius 1 is 1.22 bits per heavy atom. The molecule has 1 aromatic carbocycles. The number of aliphatic hydroxyl groups is 2. The molecule has 0 saturated carbocycles. The second-order valence-corrected chi connectivity index (χ2v) is 6.62. The molecule has 4 rings (SSSR count). The number of amides is 1. The van der Waals surface area contributed by atoms with Gasteiger partial charge in [0.25, 0.3) is 5.91 Å². The molecule has 3 N–H and O–H groups in total. The lowest BCUT2D eigenvalue weighted by molar-refractivity contribution is -0.0680. The number of ether oxygens (including phenoxy) is 1. The van der Waals surface area contributed by atoms with E-state index < -0.39 is 36.7 Å². The zero-order chi connectivity index (χ0) is 19.0. The predicted molar refractivity (Wildman–Crippen MR) is 98.7 cm³/mol. The molecule has 27 heavy (non-hydrogen) atoms. The van der Waals surface area contributed by atoms with Gasteiger partial charge in [-0.3, -0.25) is 9.79 Å². The zero-order valence-corrected chi connectivity index (χ0v) is 14.7. The van der Waals surface area contributed by atoms with Crippen molar-refractivity contribution in [2.45, 2.75) is 50.1 Å². The number of aliphatic hydroxyl groups excluding tert-OH is 2. The van der Waals surface area contributed by atoms with Gasteiger partial charge >= 0.3 is 0 Å². The van der Waals surface area contributed by atoms with Crippen LogP contribution in [-0.2, 0) is 4.74 Å². The van der Waals surface area contributed by atoms with Crippen molar-refractivity contribution in [3.05, 3.63) is 35.9 Å². The highest BCUT2D eigenvalue weighted by molar-refractivity contribution is 6.11. The van der Waals surface area contributed by atoms with Crippen LogP contribution in [0.2, 0.25) is 0 Å². The summed E-state index contributed by atoms with van der Waals surface area (Å²) in [5, 5.41) is 23.2. The molecule has 1 fully saturated rings. The number of nitrogens with one attached hydrogen (secondary N) is 1. The molecule has 1 saturated heterocycles. The first-order chi connectivity index (χ1) is 13.1. The van der Waals surface area contributed by atoms with Gasteiger partial charge in [0, 0.05) is 5.56 Å². The maximum atomic E-state index is 12.4. The van der Waals surface area contributed by atoms with E-state index in [4.69, 9.17) is 4.74 Å². The van der Waals surface area contributed by atoms with Crippen molar-refractivity contribution >= 4 is 24.4 Å². The number of nitrogens with zero attached hydrogens (tertiary/aromatic N) is 4. The van der Waals surface area contributed by atoms with Crippen LogP contribution < -0.4 is 5.32 Å². The van der Waals surface area contributed by atoms with Crippen LogP contribution in [0.4, 0.5) is 0 Å². The van der Waals surface area contributed by atoms with Gasteiger partial charge < -0.3 is 25.2 Å². The lowest BCUT2D eigenvalue weighted by atomic mass is 10.1. The number of aliphatic imine (C=N–C) groups is 3. The number of hydrogen-bond donors (Lipinski definition) is 3. The highest BCUT2D eigenvalue weighted by Gasteiger charge is 2.49. The van der Waals surface area contributed by atoms with Gasteiger partial charge in [-0.2, -0.15) is 0 Å². The Labute approximate surface area is 156 Å². The van der Waals surface area contributed by atoms with E-state index in [1.54, 1.807) is 29.2 Å². The summed E-state index contributed by atoms with van der Waals surface area (Å²) in [5.41, 5.74) is 0.515. The monoisotopic (exact) mass is 371 g/mol. The highest BCUT2D eigenvalue weighted by Crippen LogP contribution is 2.30. The fourth-order valence-corrected chi connectivity index (χ4v) is 3.48. The molecule has 9 nitrogen and oxygen atoms in total. The minimum atomic E-state index is -1.07. The van der Waals surface area contributed by atoms with E-state index >= 15 is 0 Å². The molecule has 1 amide bonds. The van der Waals surface area contributed by atoms with Crippen LogP contribution in [0.5, 0.6) is 0 Å². The van der Waals surface area contributed by atoms with Crippen LogP contribution in [0.15, 0.2) is 45.3 Å². The Balaban J connectivity index is 1.48. The van der Waals surface area contributed by atoms with E-state index in [9.17, 15) is 15.0 Å². The van der Waals surface area contributed by atoms with Crippen LogP contribution in [0.25, 0.3) is 0 Å². The first kappa shape index (κ1) is 17.8. The van der Waals surface area contributed by atoms with Crippen LogP contribution >= 0.6 is 0 Å². The highest BCUT2D eigenvalue weighted by atomic mass is 16.6. The second kappa shape index (κ2) is 7.18. The lowest BCUT2D eigenvalue weighted by Gasteiger charge is -2.32. The van der Waals surface area contributed by atoms with Gasteiger partial charge in [-0.15, -0.1) is 0 Å². The summed E-state index contributed by atoms with van der Waals surface area (Å²) in [4.78, 5) is 27.0. The van der Waals surface area contributed by atoms with Crippen molar-refractivity contribution in [1.29, 1.82) is 0 Å². The fourth-order valence-electron chi connectivity index (χ4n) is 3.48. The number of benzene rings is 1. The van der Waals surface area contributed by atoms with E-state index in [1.165, 1.54) is 12.7 Å². The van der Waals surface area contributed by atoms with Crippen LogP contribution in [0, 0.1) is 0 Å². The van der Waals surface area contributed by atoms with E-state index in [2.05, 4.69) is 20.3 Å². The molecule has 142 valence electrons. The average Bonchev–Trinajstić information content (AvgIpc) is 3.25. The second-order valence-electron chi connectivity index (χ2n) is 6.62. The lowest BCUT2D eigenvalue weighted by Crippen LogP contribution is -2.52. The molecule has 0 aliphatic carbocycles. The van der Waals surface area contributed by atoms with E-state index in [1.807, 2.05) is 13.0 Å². The molecule has 0 bridgehead atoms. The predicted octanol–water partition coefficient (Wildman–Crippen LogP) is -0.248. The third kappa shape index (κ3) is 3.14. The summed E-state index contributed by atoms with van der Waals surface area (Å²) in [6, 6.07) is 8.31. The topological polar surface area (TPSA) is 119 Å². The number of fused-ring (bicyclic) bond motifs is 1. The van der Waals surface area contributed by atoms with Crippen molar-refractivity contribution in [2.24, 2.45) is 15.0 Å². The standard InChI is InChI=1S/C18H21N5O4/c1-2-11-13(24)14(25)18(27-11)23-9-21-12-15(19-8-20-16(12)23)22-17(26)10-6-4-3-5-7-10/h3-9,11-14,16,18,24-25H,2H2,1H3,(H,19,20,22,26)/t11-,12?,13?,14+,16?,18-/m1/s1. The molecule has 9 heteroatoms. The fraction of sp³-hybridized carbons (Fsp3) is 0.444. The largest absolute Gasteiger partial charge is 0.388 e. The first-order valence-electron chi connectivity index (χ1n) is 8.88. The SMILES string of the molecule is CC[C@H]1O[C@@H](N2C=NC3C(NC(=O)c4ccccc4)=NC=NC32)[C@@H](O)C1O. The Kier molecular flexibility index (Phi) is 4.73.